The third kappa shape index (κ3) is 4.14. The quantitative estimate of drug-likeness (QED) is 0.179. The topological polar surface area (TPSA) is 40.8 Å². The summed E-state index contributed by atoms with van der Waals surface area (Å²) in [5, 5.41) is 6.00. The number of rotatable bonds is 5. The SMILES string of the molecule is CCCNc1c(I)c2sc3cc(=[N+](CC)CC)ccc-3nc2c2ccc(C)nc12.[Cl-]. The summed E-state index contributed by atoms with van der Waals surface area (Å²) in [7, 11) is 0. The third-order valence-electron chi connectivity index (χ3n) is 5.23. The van der Waals surface area contributed by atoms with Gasteiger partial charge in [0.25, 0.3) is 0 Å². The second-order valence-electron chi connectivity index (χ2n) is 7.18. The van der Waals surface area contributed by atoms with Gasteiger partial charge in [0.15, 0.2) is 0 Å². The zero-order valence-electron chi connectivity index (χ0n) is 17.7. The molecule has 4 rings (SSSR count). The van der Waals surface area contributed by atoms with Gasteiger partial charge in [0, 0.05) is 29.8 Å². The smallest absolute Gasteiger partial charge is 0.201 e. The van der Waals surface area contributed by atoms with Gasteiger partial charge in [-0.1, -0.05) is 6.92 Å². The molecule has 2 aliphatic rings. The molecular formula is C23H26ClIN4S. The minimum absolute atomic E-state index is 0. The Morgan fingerprint density at radius 3 is 2.50 bits per heavy atom. The number of pyridine rings is 1. The Labute approximate surface area is 201 Å². The van der Waals surface area contributed by atoms with Crippen molar-refractivity contribution in [2.45, 2.75) is 34.1 Å². The van der Waals surface area contributed by atoms with Crippen molar-refractivity contribution in [2.75, 3.05) is 25.0 Å². The molecule has 158 valence electrons. The zero-order chi connectivity index (χ0) is 20.5. The van der Waals surface area contributed by atoms with Crippen LogP contribution in [0.25, 0.3) is 31.7 Å². The van der Waals surface area contributed by atoms with Crippen molar-refractivity contribution in [3.63, 3.8) is 0 Å². The van der Waals surface area contributed by atoms with Crippen LogP contribution in [0, 0.1) is 10.5 Å². The number of anilines is 1. The lowest BCUT2D eigenvalue weighted by molar-refractivity contribution is -0.00000590. The summed E-state index contributed by atoms with van der Waals surface area (Å²) in [6, 6.07) is 10.9. The monoisotopic (exact) mass is 552 g/mol. The van der Waals surface area contributed by atoms with Gasteiger partial charge in [-0.2, -0.15) is 0 Å². The molecule has 0 saturated carbocycles. The van der Waals surface area contributed by atoms with Crippen LogP contribution in [0.4, 0.5) is 5.69 Å². The molecule has 0 radical (unpaired) electrons. The van der Waals surface area contributed by atoms with Gasteiger partial charge in [-0.3, -0.25) is 4.98 Å². The highest BCUT2D eigenvalue weighted by Gasteiger charge is 2.18. The third-order valence-corrected chi connectivity index (χ3v) is 7.82. The molecule has 1 aliphatic carbocycles. The summed E-state index contributed by atoms with van der Waals surface area (Å²) in [5.74, 6) is 0. The van der Waals surface area contributed by atoms with Crippen LogP contribution < -0.4 is 27.7 Å². The van der Waals surface area contributed by atoms with E-state index in [1.807, 2.05) is 18.3 Å². The fourth-order valence-corrected chi connectivity index (χ4v) is 5.78. The molecule has 1 aliphatic heterocycles. The first-order valence-electron chi connectivity index (χ1n) is 10.2. The van der Waals surface area contributed by atoms with E-state index in [1.54, 1.807) is 0 Å². The van der Waals surface area contributed by atoms with Crippen LogP contribution in [0.5, 0.6) is 0 Å². The Kier molecular flexibility index (Phi) is 7.52. The van der Waals surface area contributed by atoms with Crippen LogP contribution in [0.2, 0.25) is 0 Å². The normalized spacial score (nSPS) is 11.1. The standard InChI is InChI=1S/C23H25IN4S.ClH/c1-5-12-25-22-19(24)23-21(16-10-8-14(4)26-20(16)22)27-17-11-9-15(13-18(17)29-23)28(6-2)7-3;/h8-11,13H,5-7,12H2,1-4H3;1H. The van der Waals surface area contributed by atoms with Gasteiger partial charge >= 0.3 is 0 Å². The number of nitrogens with one attached hydrogen (secondary N) is 1. The largest absolute Gasteiger partial charge is 1.00 e. The second kappa shape index (κ2) is 9.75. The molecule has 1 aromatic heterocycles. The molecule has 0 fully saturated rings. The fraction of sp³-hybridized carbons (Fsp3) is 0.348. The molecule has 2 aromatic rings. The Hall–Kier alpha value is -1.51. The van der Waals surface area contributed by atoms with Gasteiger partial charge in [0.05, 0.1) is 35.6 Å². The van der Waals surface area contributed by atoms with Crippen LogP contribution in [-0.2, 0) is 0 Å². The van der Waals surface area contributed by atoms with Gasteiger partial charge < -0.3 is 17.7 Å². The van der Waals surface area contributed by atoms with E-state index < -0.39 is 0 Å². The maximum atomic E-state index is 5.09. The Balaban J connectivity index is 0.00000256. The molecule has 0 saturated heterocycles. The number of benzene rings is 2. The molecule has 2 heterocycles. The first-order chi connectivity index (χ1) is 14.1. The van der Waals surface area contributed by atoms with E-state index in [2.05, 4.69) is 83.6 Å². The van der Waals surface area contributed by atoms with Crippen LogP contribution in [0.15, 0.2) is 30.3 Å². The predicted octanol–water partition coefficient (Wildman–Crippen LogP) is 2.50. The van der Waals surface area contributed by atoms with Gasteiger partial charge in [-0.05, 0) is 68.0 Å². The van der Waals surface area contributed by atoms with E-state index in [4.69, 9.17) is 9.97 Å². The minimum atomic E-state index is 0. The highest BCUT2D eigenvalue weighted by molar-refractivity contribution is 14.1. The van der Waals surface area contributed by atoms with E-state index in [-0.39, 0.29) is 12.4 Å². The zero-order valence-corrected chi connectivity index (χ0v) is 21.5. The van der Waals surface area contributed by atoms with Gasteiger partial charge in [0.1, 0.15) is 13.1 Å². The van der Waals surface area contributed by atoms with Gasteiger partial charge in [0.2, 0.25) is 5.36 Å². The average molecular weight is 553 g/mol. The average Bonchev–Trinajstić information content (AvgIpc) is 2.73. The van der Waals surface area contributed by atoms with Crippen LogP contribution >= 0.6 is 33.9 Å². The molecule has 7 heteroatoms. The first-order valence-corrected chi connectivity index (χ1v) is 12.1. The number of hydrogen-bond donors (Lipinski definition) is 1. The fourth-order valence-electron chi connectivity index (χ4n) is 3.69. The second-order valence-corrected chi connectivity index (χ2v) is 9.31. The van der Waals surface area contributed by atoms with E-state index in [0.29, 0.717) is 0 Å². The van der Waals surface area contributed by atoms with Crippen molar-refractivity contribution >= 4 is 60.7 Å². The Morgan fingerprint density at radius 1 is 1.03 bits per heavy atom. The number of aromatic nitrogens is 2. The van der Waals surface area contributed by atoms with Crippen molar-refractivity contribution < 1.29 is 12.4 Å². The summed E-state index contributed by atoms with van der Waals surface area (Å²) in [5.41, 5.74) is 5.28. The van der Waals surface area contributed by atoms with Crippen molar-refractivity contribution in [1.29, 1.82) is 0 Å². The number of aryl methyl sites for hydroxylation is 1. The lowest BCUT2D eigenvalue weighted by atomic mass is 10.1. The molecule has 1 aromatic carbocycles. The highest BCUT2D eigenvalue weighted by Crippen LogP contribution is 2.40. The summed E-state index contributed by atoms with van der Waals surface area (Å²) >= 11 is 4.30. The molecule has 0 unspecified atom stereocenters. The maximum absolute atomic E-state index is 5.09. The van der Waals surface area contributed by atoms with Crippen LogP contribution in [0.1, 0.15) is 32.9 Å². The highest BCUT2D eigenvalue weighted by atomic mass is 127. The molecule has 30 heavy (non-hydrogen) atoms. The lowest BCUT2D eigenvalue weighted by Gasteiger charge is -2.16. The summed E-state index contributed by atoms with van der Waals surface area (Å²) in [6.45, 7) is 11.6. The van der Waals surface area contributed by atoms with E-state index in [9.17, 15) is 0 Å². The Bertz CT molecular complexity index is 1250. The Morgan fingerprint density at radius 2 is 1.80 bits per heavy atom. The predicted molar refractivity (Wildman–Crippen MR) is 134 cm³/mol. The molecule has 0 amide bonds. The van der Waals surface area contributed by atoms with Gasteiger partial charge in [-0.25, -0.2) is 9.56 Å². The van der Waals surface area contributed by atoms with Crippen molar-refractivity contribution in [2.24, 2.45) is 0 Å². The molecule has 1 N–H and O–H groups in total. The number of fused-ring (bicyclic) bond motifs is 4. The number of nitrogens with zero attached hydrogens (tertiary/aromatic N) is 3. The van der Waals surface area contributed by atoms with Crippen molar-refractivity contribution in [1.82, 2.24) is 14.5 Å². The molecule has 0 atom stereocenters. The molecular weight excluding hydrogens is 527 g/mol. The number of halogens is 2. The lowest BCUT2D eigenvalue weighted by Crippen LogP contribution is -3.00. The van der Waals surface area contributed by atoms with Gasteiger partial charge in [-0.15, -0.1) is 11.3 Å². The van der Waals surface area contributed by atoms with Crippen LogP contribution in [-0.4, -0.2) is 29.6 Å². The van der Waals surface area contributed by atoms with E-state index in [1.165, 1.54) is 18.5 Å². The van der Waals surface area contributed by atoms with Crippen molar-refractivity contribution in [3.8, 4) is 10.6 Å². The van der Waals surface area contributed by atoms with Crippen LogP contribution in [0.3, 0.4) is 0 Å². The summed E-state index contributed by atoms with van der Waals surface area (Å²) < 4.78 is 4.82. The summed E-state index contributed by atoms with van der Waals surface area (Å²) in [6.07, 6.45) is 1.08. The van der Waals surface area contributed by atoms with Crippen molar-refractivity contribution in [3.05, 3.63) is 45.0 Å². The van der Waals surface area contributed by atoms with E-state index >= 15 is 0 Å². The minimum Gasteiger partial charge on any atom is -1.00 e. The molecule has 0 spiro atoms. The molecule has 4 nitrogen and oxygen atoms in total. The first kappa shape index (κ1) is 23.2. The summed E-state index contributed by atoms with van der Waals surface area (Å²) in [4.78, 5) is 11.2. The molecule has 0 bridgehead atoms. The van der Waals surface area contributed by atoms with E-state index in [0.717, 1.165) is 59.5 Å². The number of hydrogen-bond acceptors (Lipinski definition) is 4. The maximum Gasteiger partial charge on any atom is 0.201 e.